The quantitative estimate of drug-likeness (QED) is 0.523. The SMILES string of the molecule is C=CC1=C(CC2(CN3CCCCC3)CCCN(SOc3ccccc3)C2)N1. The molecule has 27 heavy (non-hydrogen) atoms. The zero-order chi connectivity index (χ0) is 18.5. The van der Waals surface area contributed by atoms with Gasteiger partial charge in [0.05, 0.1) is 5.70 Å². The van der Waals surface area contributed by atoms with Crippen molar-refractivity contribution in [3.05, 3.63) is 54.4 Å². The highest BCUT2D eigenvalue weighted by Crippen LogP contribution is 2.42. The first-order valence-corrected chi connectivity index (χ1v) is 11.0. The fourth-order valence-electron chi connectivity index (χ4n) is 4.54. The molecule has 1 N–H and O–H groups in total. The third-order valence-corrected chi connectivity index (χ3v) is 6.71. The Morgan fingerprint density at radius 1 is 1.11 bits per heavy atom. The van der Waals surface area contributed by atoms with Crippen LogP contribution in [-0.2, 0) is 0 Å². The maximum Gasteiger partial charge on any atom is 0.146 e. The summed E-state index contributed by atoms with van der Waals surface area (Å²) in [5.74, 6) is 0.926. The van der Waals surface area contributed by atoms with Crippen molar-refractivity contribution in [3.63, 3.8) is 0 Å². The molecule has 0 radical (unpaired) electrons. The average Bonchev–Trinajstić information content (AvgIpc) is 3.46. The Labute approximate surface area is 168 Å². The number of piperidine rings is 2. The van der Waals surface area contributed by atoms with Gasteiger partial charge in [0.25, 0.3) is 0 Å². The summed E-state index contributed by atoms with van der Waals surface area (Å²) in [4.78, 5) is 2.70. The van der Waals surface area contributed by atoms with Crippen molar-refractivity contribution in [1.29, 1.82) is 0 Å². The van der Waals surface area contributed by atoms with Crippen LogP contribution in [0.1, 0.15) is 38.5 Å². The van der Waals surface area contributed by atoms with Crippen molar-refractivity contribution in [2.24, 2.45) is 5.41 Å². The second-order valence-electron chi connectivity index (χ2n) is 8.17. The van der Waals surface area contributed by atoms with Gasteiger partial charge in [0.2, 0.25) is 0 Å². The lowest BCUT2D eigenvalue weighted by molar-refractivity contribution is 0.0765. The molecule has 0 saturated carbocycles. The van der Waals surface area contributed by atoms with Gasteiger partial charge in [-0.3, -0.25) is 0 Å². The summed E-state index contributed by atoms with van der Waals surface area (Å²) in [7, 11) is 0. The minimum Gasteiger partial charge on any atom is -0.409 e. The molecular formula is C22H31N3OS. The number of allylic oxidation sites excluding steroid dienone is 2. The van der Waals surface area contributed by atoms with Gasteiger partial charge in [0.15, 0.2) is 0 Å². The van der Waals surface area contributed by atoms with E-state index in [9.17, 15) is 0 Å². The lowest BCUT2D eigenvalue weighted by Gasteiger charge is -2.44. The molecule has 0 amide bonds. The van der Waals surface area contributed by atoms with Crippen molar-refractivity contribution in [1.82, 2.24) is 14.5 Å². The Hall–Kier alpha value is -1.43. The summed E-state index contributed by atoms with van der Waals surface area (Å²) in [6.45, 7) is 9.81. The van der Waals surface area contributed by atoms with Gasteiger partial charge in [-0.2, -0.15) is 0 Å². The first-order chi connectivity index (χ1) is 13.3. The maximum atomic E-state index is 5.98. The number of hydrogen-bond donors (Lipinski definition) is 1. The fourth-order valence-corrected chi connectivity index (χ4v) is 5.37. The molecule has 0 bridgehead atoms. The molecule has 3 aliphatic rings. The van der Waals surface area contributed by atoms with Crippen LogP contribution in [0.15, 0.2) is 54.4 Å². The highest BCUT2D eigenvalue weighted by atomic mass is 32.2. The third kappa shape index (κ3) is 5.09. The first kappa shape index (κ1) is 18.9. The van der Waals surface area contributed by atoms with Crippen molar-refractivity contribution >= 4 is 12.2 Å². The Bertz CT molecular complexity index is 671. The molecule has 2 saturated heterocycles. The molecule has 4 nitrogen and oxygen atoms in total. The van der Waals surface area contributed by atoms with Crippen molar-refractivity contribution in [3.8, 4) is 5.75 Å². The number of nitrogens with one attached hydrogen (secondary N) is 1. The van der Waals surface area contributed by atoms with E-state index in [1.54, 1.807) is 0 Å². The smallest absolute Gasteiger partial charge is 0.146 e. The Balaban J connectivity index is 1.42. The molecule has 3 heterocycles. The zero-order valence-electron chi connectivity index (χ0n) is 16.2. The summed E-state index contributed by atoms with van der Waals surface area (Å²) in [5, 5.41) is 3.44. The second kappa shape index (κ2) is 8.72. The van der Waals surface area contributed by atoms with Gasteiger partial charge in [-0.05, 0) is 63.4 Å². The predicted molar refractivity (Wildman–Crippen MR) is 113 cm³/mol. The predicted octanol–water partition coefficient (Wildman–Crippen LogP) is 4.59. The highest BCUT2D eigenvalue weighted by Gasteiger charge is 2.41. The largest absolute Gasteiger partial charge is 0.409 e. The van der Waals surface area contributed by atoms with Crippen LogP contribution in [0.4, 0.5) is 0 Å². The third-order valence-electron chi connectivity index (χ3n) is 5.92. The summed E-state index contributed by atoms with van der Waals surface area (Å²) in [5.41, 5.74) is 2.95. The van der Waals surface area contributed by atoms with Gasteiger partial charge in [-0.25, -0.2) is 4.31 Å². The van der Waals surface area contributed by atoms with Crippen LogP contribution in [0.3, 0.4) is 0 Å². The van der Waals surface area contributed by atoms with E-state index in [1.807, 2.05) is 36.4 Å². The average molecular weight is 386 g/mol. The van der Waals surface area contributed by atoms with Crippen molar-refractivity contribution in [2.75, 3.05) is 32.7 Å². The molecule has 146 valence electrons. The highest BCUT2D eigenvalue weighted by molar-refractivity contribution is 7.92. The number of likely N-dealkylation sites (tertiary alicyclic amines) is 1. The van der Waals surface area contributed by atoms with E-state index < -0.39 is 0 Å². The van der Waals surface area contributed by atoms with E-state index in [4.69, 9.17) is 4.18 Å². The molecule has 0 aromatic heterocycles. The molecule has 4 rings (SSSR count). The molecule has 2 fully saturated rings. The Kier molecular flexibility index (Phi) is 6.11. The molecule has 1 aromatic rings. The number of para-hydroxylation sites is 1. The Morgan fingerprint density at radius 2 is 1.93 bits per heavy atom. The van der Waals surface area contributed by atoms with Crippen LogP contribution in [0, 0.1) is 5.41 Å². The van der Waals surface area contributed by atoms with E-state index in [-0.39, 0.29) is 0 Å². The van der Waals surface area contributed by atoms with Crippen LogP contribution >= 0.6 is 12.2 Å². The van der Waals surface area contributed by atoms with Crippen LogP contribution in [0.2, 0.25) is 0 Å². The van der Waals surface area contributed by atoms with E-state index >= 15 is 0 Å². The fraction of sp³-hybridized carbons (Fsp3) is 0.545. The van der Waals surface area contributed by atoms with Crippen LogP contribution in [0.5, 0.6) is 5.75 Å². The lowest BCUT2D eigenvalue weighted by atomic mass is 9.76. The van der Waals surface area contributed by atoms with Gasteiger partial charge < -0.3 is 14.4 Å². The zero-order valence-corrected chi connectivity index (χ0v) is 17.0. The lowest BCUT2D eigenvalue weighted by Crippen LogP contribution is -2.48. The first-order valence-electron chi connectivity index (χ1n) is 10.3. The van der Waals surface area contributed by atoms with E-state index in [0.717, 1.165) is 25.3 Å². The monoisotopic (exact) mass is 385 g/mol. The van der Waals surface area contributed by atoms with Crippen LogP contribution < -0.4 is 9.50 Å². The molecule has 1 atom stereocenters. The van der Waals surface area contributed by atoms with Crippen LogP contribution in [-0.4, -0.2) is 41.9 Å². The van der Waals surface area contributed by atoms with Crippen molar-refractivity contribution < 1.29 is 4.18 Å². The number of benzene rings is 1. The number of hydrogen-bond acceptors (Lipinski definition) is 5. The molecule has 1 unspecified atom stereocenters. The van der Waals surface area contributed by atoms with Gasteiger partial charge in [0.1, 0.15) is 18.0 Å². The second-order valence-corrected chi connectivity index (χ2v) is 9.01. The molecule has 0 spiro atoms. The van der Waals surface area contributed by atoms with Crippen LogP contribution in [0.25, 0.3) is 0 Å². The molecule has 3 aliphatic heterocycles. The number of nitrogens with zero attached hydrogens (tertiary/aromatic N) is 2. The van der Waals surface area contributed by atoms with Gasteiger partial charge >= 0.3 is 0 Å². The van der Waals surface area contributed by atoms with Gasteiger partial charge in [0, 0.05) is 30.7 Å². The molecule has 5 heteroatoms. The maximum absolute atomic E-state index is 5.98. The topological polar surface area (TPSA) is 37.7 Å². The summed E-state index contributed by atoms with van der Waals surface area (Å²) >= 11 is 1.53. The summed E-state index contributed by atoms with van der Waals surface area (Å²) in [6.07, 6.45) is 9.71. The van der Waals surface area contributed by atoms with Gasteiger partial charge in [-0.15, -0.1) is 0 Å². The minimum absolute atomic E-state index is 0.301. The molecular weight excluding hydrogens is 354 g/mol. The number of rotatable bonds is 8. The van der Waals surface area contributed by atoms with Crippen molar-refractivity contribution in [2.45, 2.75) is 38.5 Å². The molecule has 0 aliphatic carbocycles. The van der Waals surface area contributed by atoms with E-state index in [1.165, 1.54) is 75.4 Å². The minimum atomic E-state index is 0.301. The Morgan fingerprint density at radius 3 is 2.67 bits per heavy atom. The summed E-state index contributed by atoms with van der Waals surface area (Å²) in [6, 6.07) is 10.1. The van der Waals surface area contributed by atoms with Gasteiger partial charge in [-0.1, -0.05) is 31.2 Å². The normalized spacial score (nSPS) is 26.5. The summed E-state index contributed by atoms with van der Waals surface area (Å²) < 4.78 is 8.40. The molecule has 1 aromatic carbocycles. The van der Waals surface area contributed by atoms with E-state index in [2.05, 4.69) is 21.1 Å². The van der Waals surface area contributed by atoms with E-state index in [0.29, 0.717) is 5.41 Å². The standard InChI is InChI=1S/C22H31N3OS/c1-2-20-21(23-20)16-22(17-24-13-7-4-8-14-24)12-9-15-25(18-22)27-26-19-10-5-3-6-11-19/h2-3,5-6,10-11,23H,1,4,7-9,12-18H2.